The van der Waals surface area contributed by atoms with Crippen molar-refractivity contribution in [3.63, 3.8) is 0 Å². The van der Waals surface area contributed by atoms with Crippen LogP contribution in [0.3, 0.4) is 0 Å². The van der Waals surface area contributed by atoms with Gasteiger partial charge in [0.25, 0.3) is 0 Å². The van der Waals surface area contributed by atoms with Crippen LogP contribution < -0.4 is 10.2 Å². The Hall–Kier alpha value is -3.03. The van der Waals surface area contributed by atoms with Crippen molar-refractivity contribution >= 4 is 17.8 Å². The molecule has 154 valence electrons. The molecule has 1 aromatic heterocycles. The number of carbonyl (C=O) groups excluding carboxylic acids is 2. The van der Waals surface area contributed by atoms with E-state index < -0.39 is 0 Å². The molecule has 0 bridgehead atoms. The third kappa shape index (κ3) is 4.88. The number of nitrogens with zero attached hydrogens (tertiary/aromatic N) is 4. The topological polar surface area (TPSA) is 78.4 Å². The predicted octanol–water partition coefficient (Wildman–Crippen LogP) is 2.19. The number of benzene rings is 1. The fraction of sp³-hybridized carbons (Fsp3) is 0.429. The highest BCUT2D eigenvalue weighted by Crippen LogP contribution is 2.34. The van der Waals surface area contributed by atoms with Crippen LogP contribution in [0.1, 0.15) is 31.4 Å². The van der Waals surface area contributed by atoms with Crippen LogP contribution in [0.4, 0.5) is 10.3 Å². The van der Waals surface area contributed by atoms with E-state index in [0.29, 0.717) is 30.2 Å². The molecule has 2 heterocycles. The van der Waals surface area contributed by atoms with Crippen molar-refractivity contribution in [1.82, 2.24) is 20.2 Å². The summed E-state index contributed by atoms with van der Waals surface area (Å²) in [6.45, 7) is 2.48. The van der Waals surface area contributed by atoms with Gasteiger partial charge in [0, 0.05) is 57.4 Å². The Morgan fingerprint density at radius 2 is 2.03 bits per heavy atom. The van der Waals surface area contributed by atoms with Gasteiger partial charge in [-0.1, -0.05) is 18.2 Å². The normalized spacial score (nSPS) is 16.4. The van der Waals surface area contributed by atoms with Crippen LogP contribution in [0.2, 0.25) is 0 Å². The van der Waals surface area contributed by atoms with E-state index in [9.17, 15) is 14.0 Å². The van der Waals surface area contributed by atoms with Gasteiger partial charge in [-0.15, -0.1) is 0 Å². The van der Waals surface area contributed by atoms with Gasteiger partial charge in [-0.2, -0.15) is 0 Å². The molecule has 1 aromatic carbocycles. The molecule has 0 spiro atoms. The summed E-state index contributed by atoms with van der Waals surface area (Å²) in [7, 11) is 3.71. The Labute approximate surface area is 169 Å². The molecule has 29 heavy (non-hydrogen) atoms. The van der Waals surface area contributed by atoms with Crippen LogP contribution in [0.25, 0.3) is 11.1 Å². The first-order chi connectivity index (χ1) is 13.9. The Morgan fingerprint density at radius 1 is 1.28 bits per heavy atom. The molecule has 1 aliphatic heterocycles. The van der Waals surface area contributed by atoms with E-state index in [1.165, 1.54) is 13.0 Å². The van der Waals surface area contributed by atoms with E-state index >= 15 is 0 Å². The van der Waals surface area contributed by atoms with Gasteiger partial charge in [0.2, 0.25) is 17.8 Å². The molecule has 7 nitrogen and oxygen atoms in total. The summed E-state index contributed by atoms with van der Waals surface area (Å²) in [6, 6.07) is 6.57. The maximum absolute atomic E-state index is 14.5. The fourth-order valence-electron chi connectivity index (χ4n) is 3.54. The number of piperidine rings is 1. The molecule has 2 amide bonds. The summed E-state index contributed by atoms with van der Waals surface area (Å²) >= 11 is 0. The number of rotatable bonds is 5. The molecule has 1 atom stereocenters. The summed E-state index contributed by atoms with van der Waals surface area (Å²) in [6.07, 6.45) is 3.32. The van der Waals surface area contributed by atoms with Crippen LogP contribution in [0.5, 0.6) is 0 Å². The third-order valence-electron chi connectivity index (χ3n) is 5.02. The van der Waals surface area contributed by atoms with E-state index in [0.717, 1.165) is 18.5 Å². The van der Waals surface area contributed by atoms with E-state index in [1.54, 1.807) is 34.2 Å². The highest BCUT2D eigenvalue weighted by atomic mass is 19.1. The molecular weight excluding hydrogens is 373 g/mol. The summed E-state index contributed by atoms with van der Waals surface area (Å²) in [4.78, 5) is 36.2. The highest BCUT2D eigenvalue weighted by molar-refractivity contribution is 5.83. The second-order valence-corrected chi connectivity index (χ2v) is 7.43. The number of anilines is 1. The lowest BCUT2D eigenvalue weighted by atomic mass is 9.89. The average molecular weight is 399 g/mol. The third-order valence-corrected chi connectivity index (χ3v) is 5.02. The molecule has 1 fully saturated rings. The molecule has 1 aliphatic rings. The molecule has 0 saturated carbocycles. The molecule has 0 radical (unpaired) electrons. The highest BCUT2D eigenvalue weighted by Gasteiger charge is 2.28. The van der Waals surface area contributed by atoms with Crippen molar-refractivity contribution in [1.29, 1.82) is 0 Å². The van der Waals surface area contributed by atoms with Gasteiger partial charge in [-0.25, -0.2) is 14.4 Å². The first-order valence-electron chi connectivity index (χ1n) is 9.68. The molecule has 0 aliphatic carbocycles. The summed E-state index contributed by atoms with van der Waals surface area (Å²) in [5, 5.41) is 2.55. The van der Waals surface area contributed by atoms with Crippen LogP contribution in [-0.4, -0.2) is 60.4 Å². The van der Waals surface area contributed by atoms with Gasteiger partial charge in [-0.05, 0) is 18.9 Å². The lowest BCUT2D eigenvalue weighted by molar-refractivity contribution is -0.133. The molecule has 0 unspecified atom stereocenters. The van der Waals surface area contributed by atoms with Crippen LogP contribution in [0.15, 0.2) is 30.5 Å². The molecule has 1 N–H and O–H groups in total. The van der Waals surface area contributed by atoms with Gasteiger partial charge in [0.1, 0.15) is 5.82 Å². The number of nitrogens with one attached hydrogen (secondary N) is 1. The number of carbonyl (C=O) groups is 2. The van der Waals surface area contributed by atoms with Gasteiger partial charge < -0.3 is 15.1 Å². The van der Waals surface area contributed by atoms with Gasteiger partial charge in [-0.3, -0.25) is 9.59 Å². The number of hydrogen-bond acceptors (Lipinski definition) is 5. The number of likely N-dealkylation sites (tertiary alicyclic amines) is 1. The van der Waals surface area contributed by atoms with E-state index in [2.05, 4.69) is 10.3 Å². The molecule has 1 saturated heterocycles. The van der Waals surface area contributed by atoms with Crippen molar-refractivity contribution in [2.45, 2.75) is 25.7 Å². The van der Waals surface area contributed by atoms with E-state index in [4.69, 9.17) is 4.98 Å². The Balaban J connectivity index is 1.93. The Bertz CT molecular complexity index is 902. The number of amides is 2. The SMILES string of the molecule is CC(=O)NCC(=O)N1CCC[C@H](c2nc(N(C)C)ncc2-c2ccccc2F)C1. The minimum atomic E-state index is -0.329. The van der Waals surface area contributed by atoms with Crippen molar-refractivity contribution in [2.24, 2.45) is 0 Å². The first kappa shape index (κ1) is 20.7. The second-order valence-electron chi connectivity index (χ2n) is 7.43. The lowest BCUT2D eigenvalue weighted by Gasteiger charge is -2.33. The van der Waals surface area contributed by atoms with Crippen molar-refractivity contribution in [3.05, 3.63) is 42.0 Å². The van der Waals surface area contributed by atoms with Crippen molar-refractivity contribution in [2.75, 3.05) is 38.6 Å². The molecule has 3 rings (SSSR count). The van der Waals surface area contributed by atoms with Crippen LogP contribution >= 0.6 is 0 Å². The smallest absolute Gasteiger partial charge is 0.241 e. The quantitative estimate of drug-likeness (QED) is 0.834. The monoisotopic (exact) mass is 399 g/mol. The zero-order valence-electron chi connectivity index (χ0n) is 17.0. The van der Waals surface area contributed by atoms with Gasteiger partial charge in [0.05, 0.1) is 12.2 Å². The van der Waals surface area contributed by atoms with E-state index in [-0.39, 0.29) is 30.1 Å². The van der Waals surface area contributed by atoms with Crippen molar-refractivity contribution in [3.8, 4) is 11.1 Å². The zero-order chi connectivity index (χ0) is 21.0. The van der Waals surface area contributed by atoms with Gasteiger partial charge in [0.15, 0.2) is 0 Å². The van der Waals surface area contributed by atoms with E-state index in [1.807, 2.05) is 14.1 Å². The summed E-state index contributed by atoms with van der Waals surface area (Å²) in [5.74, 6) is -0.188. The molecule has 2 aromatic rings. The second kappa shape index (κ2) is 8.98. The van der Waals surface area contributed by atoms with Crippen LogP contribution in [-0.2, 0) is 9.59 Å². The predicted molar refractivity (Wildman–Crippen MR) is 109 cm³/mol. The Morgan fingerprint density at radius 3 is 2.72 bits per heavy atom. The largest absolute Gasteiger partial charge is 0.347 e. The standard InChI is InChI=1S/C21H26FN5O2/c1-14(28)23-12-19(29)27-10-6-7-15(13-27)20-17(11-24-21(25-20)26(2)3)16-8-4-5-9-18(16)22/h4-5,8-9,11,15H,6-7,10,12-13H2,1-3H3,(H,23,28)/t15-/m0/s1. The number of aromatic nitrogens is 2. The molecular formula is C21H26FN5O2. The zero-order valence-corrected chi connectivity index (χ0v) is 17.0. The summed E-state index contributed by atoms with van der Waals surface area (Å²) in [5.41, 5.74) is 1.84. The Kier molecular flexibility index (Phi) is 6.41. The average Bonchev–Trinajstić information content (AvgIpc) is 2.72. The van der Waals surface area contributed by atoms with Crippen LogP contribution in [0, 0.1) is 5.82 Å². The summed E-state index contributed by atoms with van der Waals surface area (Å²) < 4.78 is 14.5. The maximum Gasteiger partial charge on any atom is 0.241 e. The minimum absolute atomic E-state index is 0.0189. The molecule has 8 heteroatoms. The number of hydrogen-bond donors (Lipinski definition) is 1. The lowest BCUT2D eigenvalue weighted by Crippen LogP contribution is -2.44. The number of halogens is 1. The van der Waals surface area contributed by atoms with Crippen molar-refractivity contribution < 1.29 is 14.0 Å². The minimum Gasteiger partial charge on any atom is -0.347 e. The fourth-order valence-corrected chi connectivity index (χ4v) is 3.54. The first-order valence-corrected chi connectivity index (χ1v) is 9.68. The van der Waals surface area contributed by atoms with Gasteiger partial charge >= 0.3 is 0 Å². The maximum atomic E-state index is 14.5.